The van der Waals surface area contributed by atoms with Crippen LogP contribution in [0, 0.1) is 5.92 Å². The number of alkyl carbamates (subject to hydrolysis) is 1. The Hall–Kier alpha value is -9.04. The molecular formula is C71H87N7O16SSi. The summed E-state index contributed by atoms with van der Waals surface area (Å²) in [7, 11) is 0.299. The fourth-order valence-corrected chi connectivity index (χ4v) is 13.2. The molecule has 2 unspecified atom stereocenters. The number of nitrogens with zero attached hydrogens (tertiary/aromatic N) is 4. The zero-order valence-electron chi connectivity index (χ0n) is 56.1. The molecule has 23 nitrogen and oxygen atoms in total. The van der Waals surface area contributed by atoms with Gasteiger partial charge in [-0.25, -0.2) is 24.2 Å². The number of hydrogen-bond donors (Lipinski definition) is 4. The summed E-state index contributed by atoms with van der Waals surface area (Å²) >= 11 is 4.34. The summed E-state index contributed by atoms with van der Waals surface area (Å²) < 4.78 is 54.6. The maximum atomic E-state index is 15.0. The van der Waals surface area contributed by atoms with E-state index in [0.29, 0.717) is 61.4 Å². The minimum absolute atomic E-state index is 0.0383. The molecule has 4 aliphatic heterocycles. The summed E-state index contributed by atoms with van der Waals surface area (Å²) in [4.78, 5) is 104. The molecular weight excluding hydrogens is 1270 g/mol. The molecule has 0 radical (unpaired) electrons. The lowest BCUT2D eigenvalue weighted by Gasteiger charge is -2.47. The SMILES string of the molecule is C=CCOC(=O)N[C@H](C(=O)N[C@@H](C)C(=O)Nc1ccc(COC(=O)N2c3cc(OCCCCCOc4cc5c(cc4OC)C(=O)N4Cc6ccccc6C[C@H]4C(O[Si](C)(C)C(C)(C)C)N5C(=O)OCC=C)c(OC)cc3C(=O)N3Cc4ccccc4C[C@H]3C2OS)cc1)C(C)C. The second-order valence-corrected chi connectivity index (χ2v) is 30.8. The number of rotatable bonds is 25. The number of carbonyl (C=O) groups is 7. The predicted molar refractivity (Wildman–Crippen MR) is 367 cm³/mol. The van der Waals surface area contributed by atoms with Crippen molar-refractivity contribution in [1.29, 1.82) is 0 Å². The van der Waals surface area contributed by atoms with Crippen LogP contribution in [-0.4, -0.2) is 137 Å². The zero-order chi connectivity index (χ0) is 69.2. The second-order valence-electron chi connectivity index (χ2n) is 25.8. The average molecular weight is 1350 g/mol. The van der Waals surface area contributed by atoms with E-state index in [-0.39, 0.29) is 96.4 Å². The van der Waals surface area contributed by atoms with Gasteiger partial charge >= 0.3 is 18.3 Å². The number of methoxy groups -OCH3 is 2. The van der Waals surface area contributed by atoms with E-state index in [1.165, 1.54) is 43.1 Å². The van der Waals surface area contributed by atoms with Gasteiger partial charge in [-0.2, -0.15) is 0 Å². The number of ether oxygens (including phenoxy) is 7. The number of anilines is 3. The van der Waals surface area contributed by atoms with Crippen LogP contribution < -0.4 is 44.7 Å². The molecule has 0 aliphatic carbocycles. The Morgan fingerprint density at radius 3 is 1.61 bits per heavy atom. The minimum Gasteiger partial charge on any atom is -0.493 e. The van der Waals surface area contributed by atoms with Gasteiger partial charge < -0.3 is 63.3 Å². The molecule has 5 aromatic rings. The average Bonchev–Trinajstić information content (AvgIpc) is 1.56. The van der Waals surface area contributed by atoms with Crippen molar-refractivity contribution in [2.75, 3.05) is 55.8 Å². The van der Waals surface area contributed by atoms with E-state index in [1.807, 2.05) is 48.5 Å². The molecule has 4 heterocycles. The molecule has 96 heavy (non-hydrogen) atoms. The molecule has 4 aliphatic rings. The Bertz CT molecular complexity index is 3710. The quantitative estimate of drug-likeness (QED) is 0.0106. The molecule has 512 valence electrons. The molecule has 0 spiro atoms. The number of carbonyl (C=O) groups excluding carboxylic acids is 7. The van der Waals surface area contributed by atoms with Gasteiger partial charge in [0.1, 0.15) is 31.9 Å². The van der Waals surface area contributed by atoms with Gasteiger partial charge in [-0.1, -0.05) is 121 Å². The van der Waals surface area contributed by atoms with Gasteiger partial charge in [0.15, 0.2) is 43.8 Å². The van der Waals surface area contributed by atoms with Gasteiger partial charge in [0.05, 0.1) is 62.0 Å². The number of amides is 7. The third-order valence-corrected chi connectivity index (χ3v) is 22.7. The number of unbranched alkanes of at least 4 members (excludes halogenated alkanes) is 2. The highest BCUT2D eigenvalue weighted by molar-refractivity contribution is 7.75. The third kappa shape index (κ3) is 15.9. The van der Waals surface area contributed by atoms with E-state index in [0.717, 1.165) is 22.3 Å². The van der Waals surface area contributed by atoms with Crippen LogP contribution in [0.15, 0.2) is 122 Å². The van der Waals surface area contributed by atoms with Crippen LogP contribution in [0.25, 0.3) is 0 Å². The fourth-order valence-electron chi connectivity index (χ4n) is 11.8. The number of fused-ring (bicyclic) bond motifs is 6. The van der Waals surface area contributed by atoms with Gasteiger partial charge in [0, 0.05) is 30.9 Å². The van der Waals surface area contributed by atoms with Gasteiger partial charge in [-0.15, -0.1) is 0 Å². The van der Waals surface area contributed by atoms with Gasteiger partial charge in [0.25, 0.3) is 11.8 Å². The van der Waals surface area contributed by atoms with Crippen LogP contribution in [0.3, 0.4) is 0 Å². The third-order valence-electron chi connectivity index (χ3n) is 18.1. The molecule has 9 rings (SSSR count). The monoisotopic (exact) mass is 1350 g/mol. The predicted octanol–water partition coefficient (Wildman–Crippen LogP) is 11.7. The van der Waals surface area contributed by atoms with Gasteiger partial charge in [-0.3, -0.25) is 23.4 Å². The van der Waals surface area contributed by atoms with Gasteiger partial charge in [0.2, 0.25) is 11.8 Å². The van der Waals surface area contributed by atoms with Crippen LogP contribution in [0.5, 0.6) is 23.0 Å². The standard InChI is InChI=1S/C71H87N7O16SSi/c1-13-30-90-68(83)74-61(43(3)4)63(80)72-44(5)62(79)73-50-28-26-45(27-29-50)42-92-70(85)77-53-38-59(57(86-9)36-51(53)64(81)75-40-48-24-18-16-22-46(48)34-55(75)66(77)93-95)88-32-20-15-21-33-89-60-39-54-52(37-58(60)87-10)65(82)76-41-49-25-19-17-23-47(49)35-56(76)67(78(54)69(84)91-31-14-2)94-96(11,12)71(6,7)8/h13-14,16-19,22-29,36-39,43-44,55-56,61,66-67,95H,1-2,15,20-21,30-35,40-42H2,3-12H3,(H,72,80)(H,73,79)(H,74,83)/t44-,55-,56-,61-,66?,67?/m0/s1. The molecule has 6 atom stereocenters. The number of hydrogen-bond acceptors (Lipinski definition) is 17. The van der Waals surface area contributed by atoms with Crippen molar-refractivity contribution >= 4 is 80.2 Å². The molecule has 0 fully saturated rings. The first-order valence-corrected chi connectivity index (χ1v) is 35.4. The van der Waals surface area contributed by atoms with E-state index >= 15 is 4.79 Å². The molecule has 25 heteroatoms. The molecule has 0 aromatic heterocycles. The zero-order valence-corrected chi connectivity index (χ0v) is 58.0. The number of thiol groups is 1. The molecule has 5 aromatic carbocycles. The Labute approximate surface area is 567 Å². The first-order chi connectivity index (χ1) is 45.9. The highest BCUT2D eigenvalue weighted by Crippen LogP contribution is 2.47. The first-order valence-electron chi connectivity index (χ1n) is 32.1. The summed E-state index contributed by atoms with van der Waals surface area (Å²) in [5, 5.41) is 7.67. The topological polar surface area (TPSA) is 252 Å². The number of nitrogens with one attached hydrogen (secondary N) is 3. The van der Waals surface area contributed by atoms with Crippen LogP contribution in [0.1, 0.15) is 109 Å². The summed E-state index contributed by atoms with van der Waals surface area (Å²) in [5.74, 6) is -1.01. The van der Waals surface area contributed by atoms with Crippen molar-refractivity contribution in [2.45, 2.75) is 148 Å². The van der Waals surface area contributed by atoms with E-state index in [9.17, 15) is 28.8 Å². The molecule has 7 amide bonds. The van der Waals surface area contributed by atoms with Crippen LogP contribution >= 0.6 is 12.9 Å². The smallest absolute Gasteiger partial charge is 0.416 e. The second kappa shape index (κ2) is 31.2. The lowest BCUT2D eigenvalue weighted by molar-refractivity contribution is -0.128. The maximum Gasteiger partial charge on any atom is 0.416 e. The Morgan fingerprint density at radius 2 is 1.12 bits per heavy atom. The molecule has 0 saturated heterocycles. The summed E-state index contributed by atoms with van der Waals surface area (Å²) in [6.07, 6.45) is 0.888. The van der Waals surface area contributed by atoms with Crippen molar-refractivity contribution in [1.82, 2.24) is 20.4 Å². The van der Waals surface area contributed by atoms with Crippen molar-refractivity contribution in [3.8, 4) is 23.0 Å². The number of benzene rings is 5. The normalized spacial score (nSPS) is 17.8. The van der Waals surface area contributed by atoms with Crippen LogP contribution in [0.2, 0.25) is 18.1 Å². The van der Waals surface area contributed by atoms with Crippen LogP contribution in [-0.2, 0) is 64.9 Å². The Kier molecular flexibility index (Phi) is 23.2. The van der Waals surface area contributed by atoms with E-state index in [2.05, 4.69) is 75.9 Å². The van der Waals surface area contributed by atoms with Gasteiger partial charge in [-0.05, 0) is 128 Å². The van der Waals surface area contributed by atoms with Crippen molar-refractivity contribution in [3.05, 3.63) is 161 Å². The van der Waals surface area contributed by atoms with E-state index < -0.39 is 75.0 Å². The molecule has 0 saturated carbocycles. The highest BCUT2D eigenvalue weighted by atomic mass is 32.1. The summed E-state index contributed by atoms with van der Waals surface area (Å²) in [6, 6.07) is 25.4. The highest BCUT2D eigenvalue weighted by Gasteiger charge is 2.52. The van der Waals surface area contributed by atoms with Crippen molar-refractivity contribution in [2.24, 2.45) is 5.92 Å². The first kappa shape index (κ1) is 71.3. The van der Waals surface area contributed by atoms with Crippen molar-refractivity contribution in [3.63, 3.8) is 0 Å². The fraction of sp³-hybridized carbons (Fsp3) is 0.423. The lowest BCUT2D eigenvalue weighted by atomic mass is 9.93. The van der Waals surface area contributed by atoms with E-state index in [4.69, 9.17) is 41.8 Å². The minimum atomic E-state index is -2.66. The Balaban J connectivity index is 0.896. The molecule has 3 N–H and O–H groups in total. The largest absolute Gasteiger partial charge is 0.493 e. The maximum absolute atomic E-state index is 15.0. The summed E-state index contributed by atoms with van der Waals surface area (Å²) in [6.45, 7) is 23.5. The Morgan fingerprint density at radius 1 is 0.635 bits per heavy atom. The molecule has 0 bridgehead atoms. The lowest BCUT2D eigenvalue weighted by Crippen LogP contribution is -2.60. The van der Waals surface area contributed by atoms with Crippen LogP contribution in [0.4, 0.5) is 31.4 Å². The van der Waals surface area contributed by atoms with Crippen molar-refractivity contribution < 1.29 is 75.3 Å². The van der Waals surface area contributed by atoms with E-state index in [1.54, 1.807) is 72.2 Å². The summed E-state index contributed by atoms with van der Waals surface area (Å²) in [5.41, 5.74) is 5.69.